The minimum Gasteiger partial charge on any atom is -0.413 e. The molecule has 190 valence electrons. The molecule has 0 atom stereocenters. The first-order chi connectivity index (χ1) is 18.6. The van der Waals surface area contributed by atoms with Crippen LogP contribution < -0.4 is 28.3 Å². The quantitative estimate of drug-likeness (QED) is 0.210. The lowest BCUT2D eigenvalue weighted by atomic mass is 10.0. The highest BCUT2D eigenvalue weighted by Crippen LogP contribution is 2.78. The first-order valence-electron chi connectivity index (χ1n) is 12.2. The summed E-state index contributed by atoms with van der Waals surface area (Å²) in [5.41, 5.74) is 3.66. The number of rotatable bonds is 0. The number of fused-ring (bicyclic) bond motifs is 6. The van der Waals surface area contributed by atoms with Crippen LogP contribution in [0.3, 0.4) is 0 Å². The number of nitrogens with zero attached hydrogens (tertiary/aromatic N) is 3. The molecule has 2 N–H and O–H groups in total. The van der Waals surface area contributed by atoms with E-state index in [1.54, 1.807) is 0 Å². The van der Waals surface area contributed by atoms with Crippen molar-refractivity contribution in [3.05, 3.63) is 97.1 Å². The second kappa shape index (κ2) is 8.34. The zero-order valence-corrected chi connectivity index (χ0v) is 22.7. The Kier molecular flexibility index (Phi) is 4.97. The van der Waals surface area contributed by atoms with Crippen LogP contribution in [0.2, 0.25) is 0 Å². The second-order valence-corrected chi connectivity index (χ2v) is 15.7. The topological polar surface area (TPSA) is 98.1 Å². The van der Waals surface area contributed by atoms with Crippen LogP contribution in [0.1, 0.15) is 0 Å². The Hall–Kier alpha value is -3.31. The van der Waals surface area contributed by atoms with Crippen molar-refractivity contribution >= 4 is 22.8 Å². The fraction of sp³-hybridized carbons (Fsp3) is 0.0769. The van der Waals surface area contributed by atoms with Crippen molar-refractivity contribution in [2.45, 2.75) is 0 Å². The molecule has 4 heterocycles. The van der Waals surface area contributed by atoms with Crippen LogP contribution >= 0.6 is 22.8 Å². The highest BCUT2D eigenvalue weighted by Gasteiger charge is 2.48. The van der Waals surface area contributed by atoms with Crippen molar-refractivity contribution in [3.8, 4) is 45.3 Å². The lowest BCUT2D eigenvalue weighted by Gasteiger charge is -2.31. The van der Waals surface area contributed by atoms with Gasteiger partial charge in [-0.2, -0.15) is 0 Å². The largest absolute Gasteiger partial charge is 0.457 e. The molecule has 0 radical (unpaired) electrons. The molecule has 1 fully saturated rings. The van der Waals surface area contributed by atoms with Crippen molar-refractivity contribution in [2.75, 3.05) is 13.1 Å². The van der Waals surface area contributed by atoms with Gasteiger partial charge in [-0.25, -0.2) is 0 Å². The maximum absolute atomic E-state index is 6.71. The summed E-state index contributed by atoms with van der Waals surface area (Å²) >= 11 is 0. The molecule has 1 saturated heterocycles. The third-order valence-corrected chi connectivity index (χ3v) is 15.3. The lowest BCUT2D eigenvalue weighted by molar-refractivity contribution is 0.468. The van der Waals surface area contributed by atoms with E-state index in [1.165, 1.54) is 0 Å². The number of para-hydroxylation sites is 4. The van der Waals surface area contributed by atoms with E-state index < -0.39 is 22.8 Å². The normalized spacial score (nSPS) is 20.2. The molecule has 4 aromatic rings. The highest BCUT2D eigenvalue weighted by atomic mass is 31.3. The van der Waals surface area contributed by atoms with Gasteiger partial charge in [-0.1, -0.05) is 77.3 Å². The molecule has 4 aromatic carbocycles. The Morgan fingerprint density at radius 2 is 0.789 bits per heavy atom. The van der Waals surface area contributed by atoms with Crippen LogP contribution in [-0.4, -0.2) is 13.1 Å². The van der Waals surface area contributed by atoms with Crippen molar-refractivity contribution in [1.29, 1.82) is 0 Å². The molecule has 9 nitrogen and oxygen atoms in total. The maximum Gasteiger partial charge on any atom is 0.457 e. The molecule has 4 aliphatic heterocycles. The van der Waals surface area contributed by atoms with Crippen LogP contribution in [0.25, 0.3) is 22.3 Å². The van der Waals surface area contributed by atoms with Gasteiger partial charge >= 0.3 is 15.3 Å². The van der Waals surface area contributed by atoms with E-state index in [9.17, 15) is 0 Å². The smallest absolute Gasteiger partial charge is 0.413 e. The van der Waals surface area contributed by atoms with Gasteiger partial charge in [0.1, 0.15) is 23.0 Å². The van der Waals surface area contributed by atoms with Crippen molar-refractivity contribution in [2.24, 2.45) is 13.5 Å². The van der Waals surface area contributed by atoms with E-state index in [0.717, 1.165) is 22.3 Å². The summed E-state index contributed by atoms with van der Waals surface area (Å²) in [4.78, 5) is 0. The van der Waals surface area contributed by atoms with Crippen LogP contribution in [0, 0.1) is 0 Å². The predicted octanol–water partition coefficient (Wildman–Crippen LogP) is 8.31. The maximum atomic E-state index is 6.71. The van der Waals surface area contributed by atoms with Gasteiger partial charge < -0.3 is 18.1 Å². The molecule has 0 saturated carbocycles. The molecule has 12 heteroatoms. The van der Waals surface area contributed by atoms with Crippen LogP contribution in [-0.2, 0) is 0 Å². The summed E-state index contributed by atoms with van der Waals surface area (Å²) in [5, 5.41) is 6.99. The van der Waals surface area contributed by atoms with Crippen molar-refractivity contribution in [1.82, 2.24) is 10.2 Å². The number of nitrogens with one attached hydrogen (secondary N) is 2. The van der Waals surface area contributed by atoms with Crippen LogP contribution in [0.15, 0.2) is 111 Å². The van der Waals surface area contributed by atoms with Gasteiger partial charge in [-0.3, -0.25) is 10.2 Å². The van der Waals surface area contributed by atoms with E-state index in [1.807, 2.05) is 97.1 Å². The van der Waals surface area contributed by atoms with Crippen molar-refractivity contribution < 1.29 is 18.1 Å². The third-order valence-electron chi connectivity index (χ3n) is 6.50. The van der Waals surface area contributed by atoms with Crippen molar-refractivity contribution in [3.63, 3.8) is 0 Å². The summed E-state index contributed by atoms with van der Waals surface area (Å²) in [7, 11) is -9.55. The average Bonchev–Trinajstić information content (AvgIpc) is 3.24. The standard InChI is InChI=1S/C26H22N5O4P3/c1-5-13-23-19(9-1)20-10-2-6-14-24(20)33-37(32-23)29-36(27-17-18-28-36)30-38(31-37)34-25-15-7-3-11-21(25)22-12-4-8-16-26(22)35-38/h1-16,27-28H,17-18H2. The fourth-order valence-corrected chi connectivity index (χ4v) is 14.9. The average molecular weight is 561 g/mol. The van der Waals surface area contributed by atoms with Gasteiger partial charge in [0.15, 0.2) is 0 Å². The fourth-order valence-electron chi connectivity index (χ4n) is 4.90. The SMILES string of the molecule is c1ccc2c(c1)OP1(=NP3(=NP4(=N1)Oc1ccccc1-c1ccccc1O4)NCCN3)Oc1ccccc1-2. The summed E-state index contributed by atoms with van der Waals surface area (Å²) < 4.78 is 42.3. The first kappa shape index (κ1) is 22.7. The second-order valence-electron chi connectivity index (χ2n) is 9.02. The lowest BCUT2D eigenvalue weighted by Crippen LogP contribution is -2.12. The summed E-state index contributed by atoms with van der Waals surface area (Å²) in [5.74, 6) is 2.58. The minimum absolute atomic E-state index is 0.645. The number of benzene rings is 4. The molecule has 0 aliphatic carbocycles. The Balaban J connectivity index is 1.43. The molecule has 38 heavy (non-hydrogen) atoms. The van der Waals surface area contributed by atoms with Gasteiger partial charge in [-0.05, 0) is 24.3 Å². The van der Waals surface area contributed by atoms with Crippen LogP contribution in [0.4, 0.5) is 0 Å². The molecular formula is C26H22N5O4P3. The minimum atomic E-state index is -3.40. The monoisotopic (exact) mass is 561 g/mol. The summed E-state index contributed by atoms with van der Waals surface area (Å²) in [6.07, 6.45) is 0. The van der Waals surface area contributed by atoms with Gasteiger partial charge in [0, 0.05) is 35.3 Å². The molecule has 4 aliphatic rings. The van der Waals surface area contributed by atoms with Gasteiger partial charge in [0.25, 0.3) is 0 Å². The summed E-state index contributed by atoms with van der Waals surface area (Å²) in [6.45, 7) is 1.39. The molecule has 3 spiro atoms. The molecule has 0 unspecified atom stereocenters. The Labute approximate surface area is 219 Å². The zero-order chi connectivity index (χ0) is 25.2. The van der Waals surface area contributed by atoms with E-state index in [-0.39, 0.29) is 0 Å². The molecule has 0 aromatic heterocycles. The number of hydrogen-bond acceptors (Lipinski definition) is 9. The Morgan fingerprint density at radius 1 is 0.447 bits per heavy atom. The molecular weight excluding hydrogens is 539 g/mol. The van der Waals surface area contributed by atoms with Gasteiger partial charge in [0.2, 0.25) is 7.51 Å². The van der Waals surface area contributed by atoms with Gasteiger partial charge in [-0.15, -0.1) is 9.03 Å². The third kappa shape index (κ3) is 3.59. The van der Waals surface area contributed by atoms with E-state index in [0.29, 0.717) is 36.1 Å². The predicted molar refractivity (Wildman–Crippen MR) is 150 cm³/mol. The summed E-state index contributed by atoms with van der Waals surface area (Å²) in [6, 6.07) is 31.4. The van der Waals surface area contributed by atoms with E-state index in [4.69, 9.17) is 31.6 Å². The van der Waals surface area contributed by atoms with Crippen LogP contribution in [0.5, 0.6) is 23.0 Å². The first-order valence-corrected chi connectivity index (χ1v) is 17.0. The molecule has 8 rings (SSSR count). The highest BCUT2D eigenvalue weighted by molar-refractivity contribution is 7.80. The van der Waals surface area contributed by atoms with E-state index in [2.05, 4.69) is 10.2 Å². The van der Waals surface area contributed by atoms with Gasteiger partial charge in [0.05, 0.1) is 0 Å². The van der Waals surface area contributed by atoms with E-state index >= 15 is 0 Å². The Bertz CT molecular complexity index is 1600. The zero-order valence-electron chi connectivity index (χ0n) is 20.0. The molecule has 0 bridgehead atoms. The Morgan fingerprint density at radius 3 is 1.18 bits per heavy atom. The molecule has 0 amide bonds. The number of hydrogen-bond donors (Lipinski definition) is 2.